The maximum absolute atomic E-state index is 10.5. The van der Waals surface area contributed by atoms with Gasteiger partial charge in [0.15, 0.2) is 0 Å². The van der Waals surface area contributed by atoms with Gasteiger partial charge in [0.2, 0.25) is 0 Å². The molecular formula is C15H12BrN3O. The number of aliphatic hydroxyl groups is 1. The maximum atomic E-state index is 10.5. The Morgan fingerprint density at radius 3 is 2.80 bits per heavy atom. The van der Waals surface area contributed by atoms with Crippen LogP contribution >= 0.6 is 15.9 Å². The van der Waals surface area contributed by atoms with Gasteiger partial charge in [-0.3, -0.25) is 4.98 Å². The largest absolute Gasteiger partial charge is 0.398 e. The van der Waals surface area contributed by atoms with E-state index in [2.05, 4.69) is 25.9 Å². The molecule has 0 saturated carbocycles. The number of aromatic nitrogens is 2. The Labute approximate surface area is 124 Å². The first-order chi connectivity index (χ1) is 9.66. The number of anilines is 1. The number of rotatable bonds is 2. The molecule has 2 aromatic heterocycles. The smallest absolute Gasteiger partial charge is 0.126 e. The van der Waals surface area contributed by atoms with E-state index >= 15 is 0 Å². The van der Waals surface area contributed by atoms with Crippen LogP contribution in [0, 0.1) is 0 Å². The highest BCUT2D eigenvalue weighted by Crippen LogP contribution is 2.31. The van der Waals surface area contributed by atoms with E-state index in [9.17, 15) is 5.11 Å². The van der Waals surface area contributed by atoms with Gasteiger partial charge in [0, 0.05) is 33.5 Å². The number of halogens is 1. The Hall–Kier alpha value is -1.98. The van der Waals surface area contributed by atoms with Crippen molar-refractivity contribution in [2.24, 2.45) is 0 Å². The van der Waals surface area contributed by atoms with Gasteiger partial charge in [-0.2, -0.15) is 0 Å². The summed E-state index contributed by atoms with van der Waals surface area (Å²) in [6.45, 7) is 0. The van der Waals surface area contributed by atoms with E-state index in [1.807, 2.05) is 30.3 Å². The highest BCUT2D eigenvalue weighted by atomic mass is 79.9. The van der Waals surface area contributed by atoms with Crippen molar-refractivity contribution in [3.8, 4) is 0 Å². The average molecular weight is 330 g/mol. The molecule has 2 heterocycles. The van der Waals surface area contributed by atoms with Crippen molar-refractivity contribution >= 4 is 32.5 Å². The number of benzene rings is 1. The van der Waals surface area contributed by atoms with Crippen LogP contribution in [-0.2, 0) is 0 Å². The number of aliphatic hydroxyl groups excluding tert-OH is 1. The molecule has 4 nitrogen and oxygen atoms in total. The summed E-state index contributed by atoms with van der Waals surface area (Å²) in [5.74, 6) is 0. The standard InChI is InChI=1S/C15H12BrN3O/c16-11-7-9-3-1-2-4-13(9)19-14(11)15(20)10-8-18-6-5-12(10)17/h1-8,15,20H,(H2,17,18). The zero-order valence-electron chi connectivity index (χ0n) is 10.5. The van der Waals surface area contributed by atoms with Gasteiger partial charge >= 0.3 is 0 Å². The van der Waals surface area contributed by atoms with Gasteiger partial charge in [-0.25, -0.2) is 4.98 Å². The molecule has 0 aliphatic heterocycles. The molecule has 0 spiro atoms. The third-order valence-electron chi connectivity index (χ3n) is 3.15. The minimum Gasteiger partial charge on any atom is -0.398 e. The SMILES string of the molecule is Nc1ccncc1C(O)c1nc2ccccc2cc1Br. The molecule has 0 saturated heterocycles. The first kappa shape index (κ1) is 13.0. The van der Waals surface area contributed by atoms with Crippen molar-refractivity contribution < 1.29 is 5.11 Å². The molecule has 0 fully saturated rings. The van der Waals surface area contributed by atoms with Crippen LogP contribution in [0.5, 0.6) is 0 Å². The molecule has 5 heteroatoms. The second-order valence-corrected chi connectivity index (χ2v) is 5.31. The fraction of sp³-hybridized carbons (Fsp3) is 0.0667. The van der Waals surface area contributed by atoms with Crippen LogP contribution in [0.2, 0.25) is 0 Å². The van der Waals surface area contributed by atoms with E-state index in [0.29, 0.717) is 16.9 Å². The molecule has 100 valence electrons. The summed E-state index contributed by atoms with van der Waals surface area (Å²) >= 11 is 3.46. The first-order valence-electron chi connectivity index (χ1n) is 6.09. The summed E-state index contributed by atoms with van der Waals surface area (Å²) in [6.07, 6.45) is 2.24. The van der Waals surface area contributed by atoms with Crippen molar-refractivity contribution in [2.45, 2.75) is 6.10 Å². The quantitative estimate of drug-likeness (QED) is 0.757. The predicted molar refractivity (Wildman–Crippen MR) is 82.2 cm³/mol. The topological polar surface area (TPSA) is 72.0 Å². The Morgan fingerprint density at radius 1 is 1.20 bits per heavy atom. The number of fused-ring (bicyclic) bond motifs is 1. The molecule has 0 bridgehead atoms. The second kappa shape index (κ2) is 5.19. The number of hydrogen-bond donors (Lipinski definition) is 2. The number of pyridine rings is 2. The summed E-state index contributed by atoms with van der Waals surface area (Å²) in [5.41, 5.74) is 8.28. The highest BCUT2D eigenvalue weighted by Gasteiger charge is 2.18. The molecule has 3 rings (SSSR count). The van der Waals surface area contributed by atoms with Crippen molar-refractivity contribution in [1.82, 2.24) is 9.97 Å². The number of nitrogens with zero attached hydrogens (tertiary/aromatic N) is 2. The Balaban J connectivity index is 2.14. The van der Waals surface area contributed by atoms with Crippen molar-refractivity contribution in [2.75, 3.05) is 5.73 Å². The summed E-state index contributed by atoms with van der Waals surface area (Å²) in [7, 11) is 0. The van der Waals surface area contributed by atoms with E-state index in [1.54, 1.807) is 18.5 Å². The van der Waals surface area contributed by atoms with E-state index in [1.165, 1.54) is 0 Å². The Bertz CT molecular complexity index is 776. The molecule has 0 aliphatic rings. The van der Waals surface area contributed by atoms with E-state index in [-0.39, 0.29) is 0 Å². The van der Waals surface area contributed by atoms with Gasteiger partial charge in [0.05, 0.1) is 11.2 Å². The zero-order valence-corrected chi connectivity index (χ0v) is 12.1. The molecular weight excluding hydrogens is 318 g/mol. The molecule has 1 unspecified atom stereocenters. The lowest BCUT2D eigenvalue weighted by Crippen LogP contribution is -2.07. The van der Waals surface area contributed by atoms with Crippen molar-refractivity contribution in [1.29, 1.82) is 0 Å². The molecule has 3 N–H and O–H groups in total. The summed E-state index contributed by atoms with van der Waals surface area (Å²) in [6, 6.07) is 11.3. The molecule has 3 aromatic rings. The molecule has 0 aliphatic carbocycles. The molecule has 20 heavy (non-hydrogen) atoms. The van der Waals surface area contributed by atoms with Crippen LogP contribution in [-0.4, -0.2) is 15.1 Å². The number of hydrogen-bond acceptors (Lipinski definition) is 4. The second-order valence-electron chi connectivity index (χ2n) is 4.46. The van der Waals surface area contributed by atoms with E-state index < -0.39 is 6.10 Å². The fourth-order valence-electron chi connectivity index (χ4n) is 2.09. The zero-order chi connectivity index (χ0) is 14.1. The number of para-hydroxylation sites is 1. The molecule has 0 radical (unpaired) electrons. The summed E-state index contributed by atoms with van der Waals surface area (Å²) in [4.78, 5) is 8.51. The minimum atomic E-state index is -0.914. The molecule has 0 amide bonds. The molecule has 1 atom stereocenters. The van der Waals surface area contributed by atoms with Crippen LogP contribution in [0.15, 0.2) is 53.3 Å². The van der Waals surface area contributed by atoms with Crippen molar-refractivity contribution in [3.05, 3.63) is 64.5 Å². The number of nitrogen functional groups attached to an aromatic ring is 1. The fourth-order valence-corrected chi connectivity index (χ4v) is 2.64. The van der Waals surface area contributed by atoms with E-state index in [4.69, 9.17) is 5.73 Å². The monoisotopic (exact) mass is 329 g/mol. The Kier molecular flexibility index (Phi) is 3.38. The predicted octanol–water partition coefficient (Wildman–Crippen LogP) is 3.06. The molecule has 1 aromatic carbocycles. The first-order valence-corrected chi connectivity index (χ1v) is 6.89. The lowest BCUT2D eigenvalue weighted by molar-refractivity contribution is 0.215. The normalized spacial score (nSPS) is 12.5. The van der Waals surface area contributed by atoms with Gasteiger partial charge in [0.1, 0.15) is 6.10 Å². The van der Waals surface area contributed by atoms with Gasteiger partial charge in [-0.1, -0.05) is 18.2 Å². The van der Waals surface area contributed by atoms with Crippen LogP contribution < -0.4 is 5.73 Å². The van der Waals surface area contributed by atoms with Crippen LogP contribution in [0.4, 0.5) is 5.69 Å². The Morgan fingerprint density at radius 2 is 2.00 bits per heavy atom. The minimum absolute atomic E-state index is 0.495. The van der Waals surface area contributed by atoms with Crippen molar-refractivity contribution in [3.63, 3.8) is 0 Å². The maximum Gasteiger partial charge on any atom is 0.126 e. The summed E-state index contributed by atoms with van der Waals surface area (Å²) < 4.78 is 0.743. The highest BCUT2D eigenvalue weighted by molar-refractivity contribution is 9.10. The van der Waals surface area contributed by atoms with Crippen LogP contribution in [0.1, 0.15) is 17.4 Å². The van der Waals surface area contributed by atoms with Crippen LogP contribution in [0.3, 0.4) is 0 Å². The lowest BCUT2D eigenvalue weighted by atomic mass is 10.1. The van der Waals surface area contributed by atoms with Gasteiger partial charge in [-0.05, 0) is 34.1 Å². The summed E-state index contributed by atoms with van der Waals surface area (Å²) in [5, 5.41) is 11.5. The van der Waals surface area contributed by atoms with Gasteiger partial charge < -0.3 is 10.8 Å². The number of nitrogens with two attached hydrogens (primary N) is 1. The van der Waals surface area contributed by atoms with E-state index in [0.717, 1.165) is 15.4 Å². The van der Waals surface area contributed by atoms with Crippen LogP contribution in [0.25, 0.3) is 10.9 Å². The average Bonchev–Trinajstić information content (AvgIpc) is 2.46. The third kappa shape index (κ3) is 2.26. The van der Waals surface area contributed by atoms with Gasteiger partial charge in [0.25, 0.3) is 0 Å². The third-order valence-corrected chi connectivity index (χ3v) is 3.78. The lowest BCUT2D eigenvalue weighted by Gasteiger charge is -2.14. The van der Waals surface area contributed by atoms with Gasteiger partial charge in [-0.15, -0.1) is 0 Å².